The molecule has 0 aliphatic carbocycles. The van der Waals surface area contributed by atoms with Gasteiger partial charge in [0.15, 0.2) is 0 Å². The lowest BCUT2D eigenvalue weighted by Crippen LogP contribution is -2.17. The van der Waals surface area contributed by atoms with Crippen molar-refractivity contribution in [3.05, 3.63) is 53.0 Å². The van der Waals surface area contributed by atoms with Crippen LogP contribution in [0.2, 0.25) is 0 Å². The Morgan fingerprint density at radius 2 is 2.11 bits per heavy atom. The van der Waals surface area contributed by atoms with Crippen LogP contribution in [0.1, 0.15) is 35.4 Å². The molecular weight excluding hydrogens is 238 g/mol. The number of hydrogen-bond acceptors (Lipinski definition) is 3. The van der Waals surface area contributed by atoms with Gasteiger partial charge in [0.05, 0.1) is 12.3 Å². The van der Waals surface area contributed by atoms with E-state index in [1.807, 2.05) is 20.2 Å². The van der Waals surface area contributed by atoms with Gasteiger partial charge in [-0.3, -0.25) is 0 Å². The maximum absolute atomic E-state index is 5.75. The Bertz CT molecular complexity index is 588. The predicted octanol–water partition coefficient (Wildman–Crippen LogP) is 3.22. The Balaban J connectivity index is 1.95. The molecule has 1 aliphatic heterocycles. The third-order valence-electron chi connectivity index (χ3n) is 3.63. The molecule has 2 unspecified atom stereocenters. The molecule has 0 saturated heterocycles. The minimum atomic E-state index is 0.165. The summed E-state index contributed by atoms with van der Waals surface area (Å²) in [5.41, 5.74) is 3.71. The van der Waals surface area contributed by atoms with Crippen molar-refractivity contribution in [3.8, 4) is 5.75 Å². The number of furan rings is 1. The van der Waals surface area contributed by atoms with E-state index in [1.165, 1.54) is 11.1 Å². The van der Waals surface area contributed by atoms with Crippen LogP contribution >= 0.6 is 0 Å². The second-order valence-electron chi connectivity index (χ2n) is 5.21. The van der Waals surface area contributed by atoms with Crippen LogP contribution < -0.4 is 10.1 Å². The molecule has 3 heteroatoms. The lowest BCUT2D eigenvalue weighted by Gasteiger charge is -2.15. The zero-order chi connectivity index (χ0) is 13.4. The zero-order valence-electron chi connectivity index (χ0n) is 11.6. The van der Waals surface area contributed by atoms with Gasteiger partial charge in [-0.05, 0) is 44.2 Å². The number of ether oxygens (including phenoxy) is 1. The van der Waals surface area contributed by atoms with Crippen molar-refractivity contribution in [2.24, 2.45) is 0 Å². The summed E-state index contributed by atoms with van der Waals surface area (Å²) in [5.74, 6) is 1.96. The van der Waals surface area contributed by atoms with Gasteiger partial charge in [-0.1, -0.05) is 12.1 Å². The molecule has 0 bridgehead atoms. The van der Waals surface area contributed by atoms with Gasteiger partial charge in [0.1, 0.15) is 17.6 Å². The smallest absolute Gasteiger partial charge is 0.123 e. The van der Waals surface area contributed by atoms with Gasteiger partial charge in [-0.15, -0.1) is 0 Å². The predicted molar refractivity (Wildman–Crippen MR) is 74.6 cm³/mol. The second kappa shape index (κ2) is 4.74. The molecule has 2 aromatic rings. The normalized spacial score (nSPS) is 19.0. The molecule has 2 atom stereocenters. The zero-order valence-corrected chi connectivity index (χ0v) is 11.6. The van der Waals surface area contributed by atoms with Gasteiger partial charge in [-0.2, -0.15) is 0 Å². The quantitative estimate of drug-likeness (QED) is 0.916. The van der Waals surface area contributed by atoms with Crippen LogP contribution in [0.15, 0.2) is 34.9 Å². The molecular formula is C16H19NO2. The lowest BCUT2D eigenvalue weighted by atomic mass is 9.98. The van der Waals surface area contributed by atoms with E-state index in [1.54, 1.807) is 0 Å². The summed E-state index contributed by atoms with van der Waals surface area (Å²) in [6.07, 6.45) is 3.10. The molecule has 3 rings (SSSR count). The molecule has 0 fully saturated rings. The fourth-order valence-electron chi connectivity index (χ4n) is 2.76. The molecule has 19 heavy (non-hydrogen) atoms. The average molecular weight is 257 g/mol. The highest BCUT2D eigenvalue weighted by atomic mass is 16.5. The van der Waals surface area contributed by atoms with E-state index >= 15 is 0 Å². The van der Waals surface area contributed by atoms with E-state index in [0.29, 0.717) is 0 Å². The monoisotopic (exact) mass is 257 g/mol. The van der Waals surface area contributed by atoms with Gasteiger partial charge < -0.3 is 14.5 Å². The summed E-state index contributed by atoms with van der Waals surface area (Å²) in [6.45, 7) is 4.07. The summed E-state index contributed by atoms with van der Waals surface area (Å²) in [6, 6.07) is 8.68. The Morgan fingerprint density at radius 1 is 1.26 bits per heavy atom. The van der Waals surface area contributed by atoms with E-state index in [0.717, 1.165) is 23.5 Å². The Hall–Kier alpha value is -1.74. The maximum Gasteiger partial charge on any atom is 0.123 e. The lowest BCUT2D eigenvalue weighted by molar-refractivity contribution is 0.254. The van der Waals surface area contributed by atoms with Crippen molar-refractivity contribution in [1.29, 1.82) is 0 Å². The number of benzene rings is 1. The molecule has 3 nitrogen and oxygen atoms in total. The first-order valence-corrected chi connectivity index (χ1v) is 6.69. The molecule has 1 aliphatic rings. The summed E-state index contributed by atoms with van der Waals surface area (Å²) >= 11 is 0. The molecule has 1 aromatic carbocycles. The highest BCUT2D eigenvalue weighted by molar-refractivity contribution is 5.43. The third kappa shape index (κ3) is 2.26. The Morgan fingerprint density at radius 3 is 2.79 bits per heavy atom. The molecule has 1 N–H and O–H groups in total. The van der Waals surface area contributed by atoms with Crippen molar-refractivity contribution in [2.75, 3.05) is 7.05 Å². The highest BCUT2D eigenvalue weighted by Gasteiger charge is 2.21. The fraction of sp³-hybridized carbons (Fsp3) is 0.375. The van der Waals surface area contributed by atoms with Crippen LogP contribution in [-0.4, -0.2) is 13.2 Å². The Labute approximate surface area is 113 Å². The van der Waals surface area contributed by atoms with Crippen molar-refractivity contribution in [3.63, 3.8) is 0 Å². The standard InChI is InChI=1S/C16H19NO2/c1-10-6-14(9-18-10)16(17-3)12-4-5-15-13(8-12)7-11(2)19-15/h4-6,8-9,11,16-17H,7H2,1-3H3. The highest BCUT2D eigenvalue weighted by Crippen LogP contribution is 2.33. The SMILES string of the molecule is CNC(c1coc(C)c1)c1ccc2c(c1)CC(C)O2. The van der Waals surface area contributed by atoms with Crippen LogP contribution in [0.3, 0.4) is 0 Å². The van der Waals surface area contributed by atoms with Crippen molar-refractivity contribution in [2.45, 2.75) is 32.4 Å². The second-order valence-corrected chi connectivity index (χ2v) is 5.21. The number of fused-ring (bicyclic) bond motifs is 1. The average Bonchev–Trinajstić information content (AvgIpc) is 2.95. The maximum atomic E-state index is 5.75. The number of aryl methyl sites for hydroxylation is 1. The summed E-state index contributed by atoms with van der Waals surface area (Å²) in [4.78, 5) is 0. The van der Waals surface area contributed by atoms with Gasteiger partial charge >= 0.3 is 0 Å². The number of nitrogens with one attached hydrogen (secondary N) is 1. The van der Waals surface area contributed by atoms with Gasteiger partial charge in [0.2, 0.25) is 0 Å². The van der Waals surface area contributed by atoms with Gasteiger partial charge in [0.25, 0.3) is 0 Å². The first-order valence-electron chi connectivity index (χ1n) is 6.69. The molecule has 0 spiro atoms. The van der Waals surface area contributed by atoms with Crippen LogP contribution in [0, 0.1) is 6.92 Å². The largest absolute Gasteiger partial charge is 0.490 e. The summed E-state index contributed by atoms with van der Waals surface area (Å²) in [7, 11) is 1.97. The first-order chi connectivity index (χ1) is 9.17. The van der Waals surface area contributed by atoms with Crippen LogP contribution in [0.25, 0.3) is 0 Å². The van der Waals surface area contributed by atoms with E-state index < -0.39 is 0 Å². The molecule has 1 aromatic heterocycles. The van der Waals surface area contributed by atoms with Crippen LogP contribution in [-0.2, 0) is 6.42 Å². The fourth-order valence-corrected chi connectivity index (χ4v) is 2.76. The van der Waals surface area contributed by atoms with Crippen LogP contribution in [0.4, 0.5) is 0 Å². The van der Waals surface area contributed by atoms with Crippen molar-refractivity contribution in [1.82, 2.24) is 5.32 Å². The van der Waals surface area contributed by atoms with Gasteiger partial charge in [-0.25, -0.2) is 0 Å². The molecule has 0 radical (unpaired) electrons. The minimum Gasteiger partial charge on any atom is -0.490 e. The van der Waals surface area contributed by atoms with E-state index in [2.05, 4.69) is 36.5 Å². The molecule has 0 saturated carbocycles. The number of rotatable bonds is 3. The molecule has 100 valence electrons. The van der Waals surface area contributed by atoms with E-state index in [4.69, 9.17) is 9.15 Å². The topological polar surface area (TPSA) is 34.4 Å². The van der Waals surface area contributed by atoms with Crippen molar-refractivity contribution < 1.29 is 9.15 Å². The molecule has 2 heterocycles. The van der Waals surface area contributed by atoms with Gasteiger partial charge in [0, 0.05) is 12.0 Å². The summed E-state index contributed by atoms with van der Waals surface area (Å²) < 4.78 is 11.2. The van der Waals surface area contributed by atoms with Crippen molar-refractivity contribution >= 4 is 0 Å². The molecule has 0 amide bonds. The number of hydrogen-bond donors (Lipinski definition) is 1. The Kier molecular flexibility index (Phi) is 3.07. The van der Waals surface area contributed by atoms with E-state index in [-0.39, 0.29) is 12.1 Å². The first kappa shape index (κ1) is 12.3. The third-order valence-corrected chi connectivity index (χ3v) is 3.63. The van der Waals surface area contributed by atoms with E-state index in [9.17, 15) is 0 Å². The van der Waals surface area contributed by atoms with Crippen LogP contribution in [0.5, 0.6) is 5.75 Å². The summed E-state index contributed by atoms with van der Waals surface area (Å²) in [5, 5.41) is 3.35. The minimum absolute atomic E-state index is 0.165.